The lowest BCUT2D eigenvalue weighted by Crippen LogP contribution is -2.23. The van der Waals surface area contributed by atoms with Gasteiger partial charge < -0.3 is 10.1 Å². The highest BCUT2D eigenvalue weighted by Gasteiger charge is 2.10. The highest BCUT2D eigenvalue weighted by Crippen LogP contribution is 2.11. The zero-order chi connectivity index (χ0) is 16.2. The third-order valence-electron chi connectivity index (χ3n) is 2.90. The fourth-order valence-electron chi connectivity index (χ4n) is 1.75. The average Bonchev–Trinajstić information content (AvgIpc) is 2.52. The van der Waals surface area contributed by atoms with Gasteiger partial charge in [0, 0.05) is 17.8 Å². The van der Waals surface area contributed by atoms with Gasteiger partial charge in [0.2, 0.25) is 10.0 Å². The molecule has 0 saturated heterocycles. The number of aromatic nitrogens is 1. The Kier molecular flexibility index (Phi) is 4.74. The number of hydrogen-bond acceptors (Lipinski definition) is 5. The predicted molar refractivity (Wildman–Crippen MR) is 79.8 cm³/mol. The highest BCUT2D eigenvalue weighted by atomic mass is 32.2. The fourth-order valence-corrected chi connectivity index (χ4v) is 2.26. The number of nitrogens with two attached hydrogens (primary N) is 1. The van der Waals surface area contributed by atoms with Gasteiger partial charge >= 0.3 is 0 Å². The van der Waals surface area contributed by atoms with Gasteiger partial charge in [-0.05, 0) is 30.3 Å². The van der Waals surface area contributed by atoms with E-state index in [0.29, 0.717) is 17.0 Å². The predicted octanol–water partition coefficient (Wildman–Crippen LogP) is 0.668. The molecule has 0 fully saturated rings. The number of methoxy groups -OCH3 is 1. The Morgan fingerprint density at radius 3 is 2.55 bits per heavy atom. The Labute approximate surface area is 128 Å². The number of ether oxygens (including phenoxy) is 1. The molecule has 1 heterocycles. The van der Waals surface area contributed by atoms with E-state index in [1.807, 2.05) is 0 Å². The maximum absolute atomic E-state index is 12.0. The third-order valence-corrected chi connectivity index (χ3v) is 3.83. The van der Waals surface area contributed by atoms with Gasteiger partial charge in [0.1, 0.15) is 5.75 Å². The van der Waals surface area contributed by atoms with Crippen molar-refractivity contribution in [3.63, 3.8) is 0 Å². The summed E-state index contributed by atoms with van der Waals surface area (Å²) < 4.78 is 27.4. The molecule has 0 aliphatic carbocycles. The summed E-state index contributed by atoms with van der Waals surface area (Å²) in [6.07, 6.45) is 1.58. The Balaban J connectivity index is 2.03. The van der Waals surface area contributed by atoms with Crippen LogP contribution in [0.4, 0.5) is 0 Å². The first-order chi connectivity index (χ1) is 10.4. The van der Waals surface area contributed by atoms with Crippen LogP contribution in [0.3, 0.4) is 0 Å². The molecule has 0 aliphatic rings. The molecule has 2 rings (SSSR count). The van der Waals surface area contributed by atoms with Crippen LogP contribution in [0, 0.1) is 0 Å². The number of rotatable bonds is 5. The second-order valence-corrected chi connectivity index (χ2v) is 6.00. The van der Waals surface area contributed by atoms with Gasteiger partial charge in [-0.25, -0.2) is 13.6 Å². The molecule has 116 valence electrons. The molecule has 0 spiro atoms. The van der Waals surface area contributed by atoms with Crippen LogP contribution in [0.1, 0.15) is 16.1 Å². The second-order valence-electron chi connectivity index (χ2n) is 4.44. The van der Waals surface area contributed by atoms with Gasteiger partial charge in [-0.1, -0.05) is 0 Å². The molecule has 3 N–H and O–H groups in total. The monoisotopic (exact) mass is 321 g/mol. The first kappa shape index (κ1) is 15.9. The van der Waals surface area contributed by atoms with Crippen LogP contribution in [0.5, 0.6) is 5.75 Å². The van der Waals surface area contributed by atoms with Crippen LogP contribution in [-0.4, -0.2) is 26.4 Å². The molecular formula is C14H15N3O4S. The number of nitrogens with zero attached hydrogens (tertiary/aromatic N) is 1. The van der Waals surface area contributed by atoms with E-state index in [9.17, 15) is 13.2 Å². The molecule has 1 amide bonds. The number of benzene rings is 1. The molecule has 0 atom stereocenters. The summed E-state index contributed by atoms with van der Waals surface area (Å²) >= 11 is 0. The van der Waals surface area contributed by atoms with Crippen LogP contribution in [0.2, 0.25) is 0 Å². The summed E-state index contributed by atoms with van der Waals surface area (Å²) in [5.74, 6) is 0.308. The first-order valence-electron chi connectivity index (χ1n) is 6.30. The molecule has 7 nitrogen and oxygen atoms in total. The number of hydrogen-bond donors (Lipinski definition) is 2. The highest BCUT2D eigenvalue weighted by molar-refractivity contribution is 7.89. The van der Waals surface area contributed by atoms with Gasteiger partial charge in [0.15, 0.2) is 0 Å². The maximum Gasteiger partial charge on any atom is 0.251 e. The lowest BCUT2D eigenvalue weighted by atomic mass is 10.2. The number of nitrogens with one attached hydrogen (secondary N) is 1. The lowest BCUT2D eigenvalue weighted by molar-refractivity contribution is 0.0950. The Morgan fingerprint density at radius 1 is 1.27 bits per heavy atom. The van der Waals surface area contributed by atoms with Crippen LogP contribution in [0.15, 0.2) is 47.5 Å². The van der Waals surface area contributed by atoms with Crippen LogP contribution in [-0.2, 0) is 16.6 Å². The van der Waals surface area contributed by atoms with E-state index in [1.54, 1.807) is 25.4 Å². The van der Waals surface area contributed by atoms with Gasteiger partial charge in [-0.2, -0.15) is 0 Å². The molecular weight excluding hydrogens is 306 g/mol. The fraction of sp³-hybridized carbons (Fsp3) is 0.143. The van der Waals surface area contributed by atoms with Crippen molar-refractivity contribution in [3.05, 3.63) is 53.9 Å². The second kappa shape index (κ2) is 6.54. The molecule has 0 aliphatic heterocycles. The number of amides is 1. The SMILES string of the molecule is COc1ccnc(CNC(=O)c2ccc(S(N)(=O)=O)cc2)c1. The van der Waals surface area contributed by atoms with Crippen molar-refractivity contribution in [1.29, 1.82) is 0 Å². The molecule has 0 radical (unpaired) electrons. The van der Waals surface area contributed by atoms with Gasteiger partial charge in [0.05, 0.1) is 24.2 Å². The molecule has 22 heavy (non-hydrogen) atoms. The lowest BCUT2D eigenvalue weighted by Gasteiger charge is -2.07. The van der Waals surface area contributed by atoms with E-state index in [0.717, 1.165) is 0 Å². The Hall–Kier alpha value is -2.45. The third kappa shape index (κ3) is 4.03. The Morgan fingerprint density at radius 2 is 1.95 bits per heavy atom. The standard InChI is InChI=1S/C14H15N3O4S/c1-21-12-6-7-16-11(8-12)9-17-14(18)10-2-4-13(5-3-10)22(15,19)20/h2-8H,9H2,1H3,(H,17,18)(H2,15,19,20). The van der Waals surface area contributed by atoms with E-state index in [1.165, 1.54) is 24.3 Å². The molecule has 2 aromatic rings. The molecule has 1 aromatic carbocycles. The van der Waals surface area contributed by atoms with E-state index >= 15 is 0 Å². The van der Waals surface area contributed by atoms with Crippen molar-refractivity contribution in [2.75, 3.05) is 7.11 Å². The van der Waals surface area contributed by atoms with Crippen molar-refractivity contribution < 1.29 is 17.9 Å². The largest absolute Gasteiger partial charge is 0.497 e. The van der Waals surface area contributed by atoms with E-state index < -0.39 is 10.0 Å². The van der Waals surface area contributed by atoms with Gasteiger partial charge in [-0.15, -0.1) is 0 Å². The summed E-state index contributed by atoms with van der Waals surface area (Å²) in [5.41, 5.74) is 0.976. The summed E-state index contributed by atoms with van der Waals surface area (Å²) in [6.45, 7) is 0.229. The van der Waals surface area contributed by atoms with Crippen molar-refractivity contribution in [3.8, 4) is 5.75 Å². The van der Waals surface area contributed by atoms with Gasteiger partial charge in [-0.3, -0.25) is 9.78 Å². The van der Waals surface area contributed by atoms with Crippen LogP contribution in [0.25, 0.3) is 0 Å². The quantitative estimate of drug-likeness (QED) is 0.840. The molecule has 0 bridgehead atoms. The molecule has 1 aromatic heterocycles. The number of carbonyl (C=O) groups is 1. The van der Waals surface area contributed by atoms with E-state index in [-0.39, 0.29) is 17.3 Å². The summed E-state index contributed by atoms with van der Waals surface area (Å²) in [6, 6.07) is 8.78. The van der Waals surface area contributed by atoms with Crippen LogP contribution >= 0.6 is 0 Å². The maximum atomic E-state index is 12.0. The zero-order valence-corrected chi connectivity index (χ0v) is 12.6. The van der Waals surface area contributed by atoms with Crippen LogP contribution < -0.4 is 15.2 Å². The van der Waals surface area contributed by atoms with Gasteiger partial charge in [0.25, 0.3) is 5.91 Å². The minimum absolute atomic E-state index is 0.0430. The van der Waals surface area contributed by atoms with E-state index in [4.69, 9.17) is 9.88 Å². The molecule has 0 unspecified atom stereocenters. The number of pyridine rings is 1. The normalized spacial score (nSPS) is 11.0. The van der Waals surface area contributed by atoms with Crippen molar-refractivity contribution in [1.82, 2.24) is 10.3 Å². The van der Waals surface area contributed by atoms with E-state index in [2.05, 4.69) is 10.3 Å². The van der Waals surface area contributed by atoms with Crippen molar-refractivity contribution in [2.45, 2.75) is 11.4 Å². The number of primary sulfonamides is 1. The number of sulfonamides is 1. The van der Waals surface area contributed by atoms with Crippen molar-refractivity contribution >= 4 is 15.9 Å². The summed E-state index contributed by atoms with van der Waals surface area (Å²) in [7, 11) is -2.22. The Bertz CT molecular complexity index is 773. The summed E-state index contributed by atoms with van der Waals surface area (Å²) in [4.78, 5) is 16.0. The van der Waals surface area contributed by atoms with Crippen molar-refractivity contribution in [2.24, 2.45) is 5.14 Å². The minimum atomic E-state index is -3.76. The first-order valence-corrected chi connectivity index (χ1v) is 7.85. The minimum Gasteiger partial charge on any atom is -0.497 e. The molecule has 8 heteroatoms. The summed E-state index contributed by atoms with van der Waals surface area (Å²) in [5, 5.41) is 7.68. The average molecular weight is 321 g/mol. The zero-order valence-electron chi connectivity index (χ0n) is 11.8. The number of carbonyl (C=O) groups excluding carboxylic acids is 1. The molecule has 0 saturated carbocycles. The smallest absolute Gasteiger partial charge is 0.251 e. The topological polar surface area (TPSA) is 111 Å².